The largest absolute Gasteiger partial charge is 0.351 e. The molecule has 5 rings (SSSR count). The number of aliphatic hydroxyl groups is 2. The van der Waals surface area contributed by atoms with Gasteiger partial charge in [-0.25, -0.2) is 15.0 Å². The summed E-state index contributed by atoms with van der Waals surface area (Å²) < 4.78 is 0. The number of carbonyl (C=O) groups is 3. The van der Waals surface area contributed by atoms with E-state index < -0.39 is 17.6 Å². The molecule has 0 atom stereocenters. The van der Waals surface area contributed by atoms with Crippen molar-refractivity contribution in [3.63, 3.8) is 0 Å². The van der Waals surface area contributed by atoms with Gasteiger partial charge < -0.3 is 20.8 Å². The Morgan fingerprint density at radius 3 is 2.56 bits per heavy atom. The number of hydrogen-bond donors (Lipinski definition) is 4. The minimum Gasteiger partial charge on any atom is -0.351 e. The molecule has 172 valence electrons. The molecule has 1 fully saturated rings. The van der Waals surface area contributed by atoms with Crippen LogP contribution < -0.4 is 10.6 Å². The van der Waals surface area contributed by atoms with Crippen LogP contribution in [-0.4, -0.2) is 55.8 Å². The molecule has 34 heavy (non-hydrogen) atoms. The molecule has 0 aliphatic carbocycles. The van der Waals surface area contributed by atoms with E-state index in [0.717, 1.165) is 31.3 Å². The van der Waals surface area contributed by atoms with E-state index in [1.54, 1.807) is 42.2 Å². The average Bonchev–Trinajstić information content (AvgIpc) is 2.98. The van der Waals surface area contributed by atoms with Gasteiger partial charge in [-0.15, -0.1) is 0 Å². The Morgan fingerprint density at radius 1 is 1.09 bits per heavy atom. The van der Waals surface area contributed by atoms with Crippen LogP contribution in [-0.2, 0) is 16.1 Å². The number of nitrogens with one attached hydrogen (secondary N) is 2. The van der Waals surface area contributed by atoms with E-state index in [4.69, 9.17) is 0 Å². The van der Waals surface area contributed by atoms with Crippen molar-refractivity contribution in [3.05, 3.63) is 71.9 Å². The number of hydrazine groups is 1. The molecule has 1 aromatic heterocycles. The van der Waals surface area contributed by atoms with Crippen LogP contribution >= 0.6 is 11.8 Å². The van der Waals surface area contributed by atoms with Gasteiger partial charge in [-0.3, -0.25) is 14.4 Å². The van der Waals surface area contributed by atoms with Gasteiger partial charge in [0, 0.05) is 29.4 Å². The zero-order valence-electron chi connectivity index (χ0n) is 17.8. The monoisotopic (exact) mass is 477 g/mol. The zero-order valence-corrected chi connectivity index (χ0v) is 18.7. The highest BCUT2D eigenvalue weighted by atomic mass is 32.2. The van der Waals surface area contributed by atoms with Gasteiger partial charge in [0.2, 0.25) is 0 Å². The molecule has 4 N–H and O–H groups in total. The Labute approximate surface area is 198 Å². The van der Waals surface area contributed by atoms with Crippen molar-refractivity contribution >= 4 is 46.7 Å². The van der Waals surface area contributed by atoms with Crippen molar-refractivity contribution in [2.75, 3.05) is 17.7 Å². The van der Waals surface area contributed by atoms with E-state index in [1.165, 1.54) is 7.05 Å². The van der Waals surface area contributed by atoms with Crippen LogP contribution in [0, 0.1) is 0 Å². The van der Waals surface area contributed by atoms with Crippen molar-refractivity contribution in [2.45, 2.75) is 22.1 Å². The number of benzene rings is 2. The molecule has 0 spiro atoms. The summed E-state index contributed by atoms with van der Waals surface area (Å²) in [5.74, 6) is -4.86. The lowest BCUT2D eigenvalue weighted by Gasteiger charge is -2.23. The maximum absolute atomic E-state index is 12.7. The molecule has 2 aromatic carbocycles. The zero-order chi connectivity index (χ0) is 24.0. The molecule has 0 unspecified atom stereocenters. The summed E-state index contributed by atoms with van der Waals surface area (Å²) in [6, 6.07) is 15.9. The number of aromatic nitrogens is 1. The Balaban J connectivity index is 1.26. The fourth-order valence-corrected chi connectivity index (χ4v) is 4.61. The second-order valence-electron chi connectivity index (χ2n) is 7.80. The number of anilines is 3. The first-order chi connectivity index (χ1) is 16.2. The van der Waals surface area contributed by atoms with Crippen molar-refractivity contribution in [3.8, 4) is 0 Å². The topological polar surface area (TPSA) is 135 Å². The lowest BCUT2D eigenvalue weighted by Crippen LogP contribution is -2.43. The van der Waals surface area contributed by atoms with Crippen LogP contribution in [0.5, 0.6) is 0 Å². The number of likely N-dealkylation sites (N-methyl/N-ethyl adjacent to an activating group) is 1. The number of pyridine rings is 1. The van der Waals surface area contributed by atoms with E-state index in [2.05, 4.69) is 15.6 Å². The lowest BCUT2D eigenvalue weighted by molar-refractivity contribution is -0.186. The Kier molecular flexibility index (Phi) is 5.24. The van der Waals surface area contributed by atoms with Crippen LogP contribution in [0.2, 0.25) is 0 Å². The van der Waals surface area contributed by atoms with Crippen LogP contribution in [0.3, 0.4) is 0 Å². The fourth-order valence-electron chi connectivity index (χ4n) is 3.67. The van der Waals surface area contributed by atoms with Crippen LogP contribution in [0.1, 0.15) is 15.9 Å². The smallest absolute Gasteiger partial charge is 0.330 e. The third kappa shape index (κ3) is 3.75. The quantitative estimate of drug-likeness (QED) is 0.259. The summed E-state index contributed by atoms with van der Waals surface area (Å²) in [7, 11) is 1.27. The average molecular weight is 478 g/mol. The van der Waals surface area contributed by atoms with Crippen molar-refractivity contribution in [2.24, 2.45) is 0 Å². The summed E-state index contributed by atoms with van der Waals surface area (Å²) >= 11 is 1.60. The molecular formula is C23H19N5O5S. The summed E-state index contributed by atoms with van der Waals surface area (Å²) in [5, 5.41) is 27.2. The third-order valence-corrected chi connectivity index (χ3v) is 6.64. The van der Waals surface area contributed by atoms with Gasteiger partial charge in [-0.2, -0.15) is 0 Å². The van der Waals surface area contributed by atoms with Crippen molar-refractivity contribution in [1.82, 2.24) is 15.0 Å². The lowest BCUT2D eigenvalue weighted by atomic mass is 10.1. The van der Waals surface area contributed by atoms with E-state index >= 15 is 0 Å². The van der Waals surface area contributed by atoms with Crippen LogP contribution in [0.4, 0.5) is 17.2 Å². The van der Waals surface area contributed by atoms with Gasteiger partial charge >= 0.3 is 17.6 Å². The van der Waals surface area contributed by atoms with E-state index in [1.807, 2.05) is 30.3 Å². The first kappa shape index (κ1) is 21.9. The van der Waals surface area contributed by atoms with Gasteiger partial charge in [0.15, 0.2) is 0 Å². The van der Waals surface area contributed by atoms with Gasteiger partial charge in [-0.1, -0.05) is 23.9 Å². The van der Waals surface area contributed by atoms with Gasteiger partial charge in [0.25, 0.3) is 5.91 Å². The molecule has 3 heterocycles. The predicted octanol–water partition coefficient (Wildman–Crippen LogP) is 1.94. The molecule has 3 amide bonds. The molecule has 1 saturated heterocycles. The number of carbonyl (C=O) groups excluding carboxylic acids is 3. The summed E-state index contributed by atoms with van der Waals surface area (Å²) in [5.41, 5.74) is 2.46. The second-order valence-corrected chi connectivity index (χ2v) is 8.89. The number of amides is 3. The second kappa shape index (κ2) is 8.13. The van der Waals surface area contributed by atoms with Gasteiger partial charge in [0.1, 0.15) is 5.82 Å². The maximum atomic E-state index is 12.7. The number of nitrogens with zero attached hydrogens (tertiary/aromatic N) is 3. The fraction of sp³-hybridized carbons (Fsp3) is 0.130. The number of rotatable bonds is 4. The molecule has 2 aliphatic heterocycles. The standard InChI is InChI=1S/C23H19N5O5S/c1-27-21(30)23(32,33)22(31)28(27)12-13-4-6-14(7-5-13)20(29)25-15-8-9-17-16(11-15)26-19-18(34-17)3-2-10-24-19/h2-11,32-33H,12H2,1H3,(H,24,26)(H,25,29). The molecule has 2 aliphatic rings. The molecular weight excluding hydrogens is 458 g/mol. The predicted molar refractivity (Wildman–Crippen MR) is 123 cm³/mol. The van der Waals surface area contributed by atoms with Crippen molar-refractivity contribution in [1.29, 1.82) is 0 Å². The molecule has 0 radical (unpaired) electrons. The van der Waals surface area contributed by atoms with Crippen molar-refractivity contribution < 1.29 is 24.6 Å². The summed E-state index contributed by atoms with van der Waals surface area (Å²) in [6.07, 6.45) is 1.71. The highest BCUT2D eigenvalue weighted by molar-refractivity contribution is 7.99. The van der Waals surface area contributed by atoms with E-state index in [9.17, 15) is 24.6 Å². The Hall–Kier alpha value is -3.93. The normalized spacial score (nSPS) is 16.1. The summed E-state index contributed by atoms with van der Waals surface area (Å²) in [6.45, 7) is -0.0600. The first-order valence-corrected chi connectivity index (χ1v) is 11.0. The first-order valence-electron chi connectivity index (χ1n) is 10.2. The Bertz CT molecular complexity index is 1330. The molecule has 3 aromatic rings. The minimum atomic E-state index is -3.06. The molecule has 0 saturated carbocycles. The summed E-state index contributed by atoms with van der Waals surface area (Å²) in [4.78, 5) is 43.0. The maximum Gasteiger partial charge on any atom is 0.330 e. The van der Waals surface area contributed by atoms with Gasteiger partial charge in [-0.05, 0) is 48.0 Å². The highest BCUT2D eigenvalue weighted by Crippen LogP contribution is 2.43. The molecule has 10 nitrogen and oxygen atoms in total. The third-order valence-electron chi connectivity index (χ3n) is 5.52. The Morgan fingerprint density at radius 2 is 1.85 bits per heavy atom. The minimum absolute atomic E-state index is 0.0600. The van der Waals surface area contributed by atoms with Crippen LogP contribution in [0.15, 0.2) is 70.6 Å². The van der Waals surface area contributed by atoms with E-state index in [-0.39, 0.29) is 12.5 Å². The van der Waals surface area contributed by atoms with Gasteiger partial charge in [0.05, 0.1) is 17.1 Å². The molecule has 0 bridgehead atoms. The van der Waals surface area contributed by atoms with E-state index in [0.29, 0.717) is 16.8 Å². The highest BCUT2D eigenvalue weighted by Gasteiger charge is 2.55. The van der Waals surface area contributed by atoms with Crippen LogP contribution in [0.25, 0.3) is 0 Å². The molecule has 11 heteroatoms. The number of fused-ring (bicyclic) bond motifs is 2. The SMILES string of the molecule is CN1C(=O)C(O)(O)C(=O)N1Cc1ccc(C(=O)Nc2ccc3c(c2)Nc2ncccc2S3)cc1. The number of hydrogen-bond acceptors (Lipinski definition) is 8.